The summed E-state index contributed by atoms with van der Waals surface area (Å²) in [6.45, 7) is 4.38. The fourth-order valence-corrected chi connectivity index (χ4v) is 4.96. The van der Waals surface area contributed by atoms with E-state index in [1.165, 1.54) is 29.2 Å². The predicted octanol–water partition coefficient (Wildman–Crippen LogP) is 6.47. The van der Waals surface area contributed by atoms with Crippen molar-refractivity contribution >= 4 is 29.1 Å². The molecule has 1 unspecified atom stereocenters. The van der Waals surface area contributed by atoms with Gasteiger partial charge in [0, 0.05) is 11.3 Å². The molecule has 0 spiro atoms. The lowest BCUT2D eigenvalue weighted by atomic mass is 9.94. The van der Waals surface area contributed by atoms with Gasteiger partial charge in [0.05, 0.1) is 23.8 Å². The second kappa shape index (κ2) is 12.7. The highest BCUT2D eigenvalue weighted by molar-refractivity contribution is 6.51. The molecule has 1 aliphatic rings. The number of aryl methyl sites for hydroxylation is 1. The van der Waals surface area contributed by atoms with Crippen LogP contribution in [0.2, 0.25) is 0 Å². The second-order valence-electron chi connectivity index (χ2n) is 10.2. The number of Topliss-reactive ketones (excluding diaryl/α,β-unsaturated/α-hetero) is 1. The maximum atomic E-state index is 13.5. The van der Waals surface area contributed by atoms with E-state index in [1.807, 2.05) is 44.2 Å². The van der Waals surface area contributed by atoms with E-state index in [0.29, 0.717) is 41.2 Å². The third-order valence-corrected chi connectivity index (χ3v) is 7.16. The molecule has 8 nitrogen and oxygen atoms in total. The van der Waals surface area contributed by atoms with Crippen molar-refractivity contribution in [2.75, 3.05) is 11.5 Å². The molecule has 0 saturated carbocycles. The third kappa shape index (κ3) is 6.13. The number of aliphatic hydroxyl groups excluding tert-OH is 1. The Bertz CT molecular complexity index is 1680. The molecule has 1 atom stereocenters. The van der Waals surface area contributed by atoms with Crippen LogP contribution in [-0.2, 0) is 20.9 Å². The molecule has 1 amide bonds. The van der Waals surface area contributed by atoms with Crippen molar-refractivity contribution in [3.05, 3.63) is 130 Å². The summed E-state index contributed by atoms with van der Waals surface area (Å²) in [5.41, 5.74) is 3.16. The fraction of sp³-hybridized carbons (Fsp3) is 0.171. The number of aromatic hydroxyl groups is 1. The van der Waals surface area contributed by atoms with E-state index in [0.717, 1.165) is 11.1 Å². The highest BCUT2D eigenvalue weighted by atomic mass is 16.5. The zero-order chi connectivity index (χ0) is 30.5. The number of esters is 1. The van der Waals surface area contributed by atoms with E-state index >= 15 is 0 Å². The average Bonchev–Trinajstić information content (AvgIpc) is 3.29. The normalized spacial score (nSPS) is 15.9. The van der Waals surface area contributed by atoms with E-state index in [4.69, 9.17) is 9.47 Å². The summed E-state index contributed by atoms with van der Waals surface area (Å²) < 4.78 is 11.2. The Kier molecular flexibility index (Phi) is 8.57. The number of aliphatic hydroxyl groups is 1. The first-order chi connectivity index (χ1) is 20.8. The summed E-state index contributed by atoms with van der Waals surface area (Å²) in [6, 6.07) is 26.0. The number of phenols is 1. The van der Waals surface area contributed by atoms with Gasteiger partial charge in [0.15, 0.2) is 0 Å². The number of carbonyl (C=O) groups is 3. The van der Waals surface area contributed by atoms with E-state index < -0.39 is 23.7 Å². The number of amides is 1. The lowest BCUT2D eigenvalue weighted by molar-refractivity contribution is -0.132. The number of ether oxygens (including phenoxy) is 2. The zero-order valence-electron chi connectivity index (χ0n) is 23.8. The number of phenolic OH excluding ortho intramolecular Hbond substituents is 1. The van der Waals surface area contributed by atoms with Gasteiger partial charge in [0.2, 0.25) is 0 Å². The number of nitrogens with zero attached hydrogens (tertiary/aromatic N) is 1. The Morgan fingerprint density at radius 2 is 1.56 bits per heavy atom. The number of rotatable bonds is 9. The number of ketones is 1. The van der Waals surface area contributed by atoms with Crippen LogP contribution in [0.5, 0.6) is 11.5 Å². The van der Waals surface area contributed by atoms with Crippen LogP contribution in [0.25, 0.3) is 5.76 Å². The van der Waals surface area contributed by atoms with E-state index in [1.54, 1.807) is 42.5 Å². The first kappa shape index (κ1) is 29.1. The molecule has 2 N–H and O–H groups in total. The summed E-state index contributed by atoms with van der Waals surface area (Å²) in [5.74, 6) is -1.89. The topological polar surface area (TPSA) is 113 Å². The third-order valence-electron chi connectivity index (χ3n) is 7.16. The molecule has 4 aromatic rings. The predicted molar refractivity (Wildman–Crippen MR) is 162 cm³/mol. The summed E-state index contributed by atoms with van der Waals surface area (Å²) in [4.78, 5) is 40.6. The molecule has 1 fully saturated rings. The van der Waals surface area contributed by atoms with Gasteiger partial charge in [-0.3, -0.25) is 14.5 Å². The lowest BCUT2D eigenvalue weighted by Gasteiger charge is -2.25. The summed E-state index contributed by atoms with van der Waals surface area (Å²) in [6.07, 6.45) is 0.685. The Balaban J connectivity index is 1.51. The lowest BCUT2D eigenvalue weighted by Crippen LogP contribution is -2.29. The second-order valence-corrected chi connectivity index (χ2v) is 10.2. The molecular formula is C35H31NO7. The Morgan fingerprint density at radius 3 is 2.21 bits per heavy atom. The van der Waals surface area contributed by atoms with Crippen molar-refractivity contribution in [3.63, 3.8) is 0 Å². The highest BCUT2D eigenvalue weighted by Crippen LogP contribution is 2.43. The van der Waals surface area contributed by atoms with Crippen molar-refractivity contribution < 1.29 is 34.1 Å². The van der Waals surface area contributed by atoms with Crippen molar-refractivity contribution in [3.8, 4) is 11.5 Å². The number of carbonyl (C=O) groups excluding carboxylic acids is 3. The van der Waals surface area contributed by atoms with Crippen molar-refractivity contribution in [2.24, 2.45) is 0 Å². The molecule has 0 bridgehead atoms. The van der Waals surface area contributed by atoms with Crippen LogP contribution in [0, 0.1) is 6.92 Å². The van der Waals surface area contributed by atoms with Crippen LogP contribution in [0.15, 0.2) is 103 Å². The molecule has 0 aliphatic carbocycles. The van der Waals surface area contributed by atoms with Gasteiger partial charge >= 0.3 is 5.97 Å². The Morgan fingerprint density at radius 1 is 0.884 bits per heavy atom. The number of anilines is 1. The first-order valence-electron chi connectivity index (χ1n) is 13.9. The molecule has 5 rings (SSSR count). The van der Waals surface area contributed by atoms with Crippen molar-refractivity contribution in [1.29, 1.82) is 0 Å². The number of hydrogen-bond acceptors (Lipinski definition) is 7. The quantitative estimate of drug-likeness (QED) is 0.101. The first-order valence-corrected chi connectivity index (χ1v) is 13.9. The summed E-state index contributed by atoms with van der Waals surface area (Å²) in [5, 5.41) is 21.4. The largest absolute Gasteiger partial charge is 0.508 e. The number of hydrogen-bond donors (Lipinski definition) is 2. The van der Waals surface area contributed by atoms with Gasteiger partial charge < -0.3 is 19.7 Å². The highest BCUT2D eigenvalue weighted by Gasteiger charge is 2.47. The summed E-state index contributed by atoms with van der Waals surface area (Å²) in [7, 11) is 0. The molecule has 0 aromatic heterocycles. The van der Waals surface area contributed by atoms with Crippen molar-refractivity contribution in [2.45, 2.75) is 32.9 Å². The zero-order valence-corrected chi connectivity index (χ0v) is 23.8. The van der Waals surface area contributed by atoms with Crippen LogP contribution < -0.4 is 9.64 Å². The Labute approximate surface area is 249 Å². The average molecular weight is 578 g/mol. The molecule has 8 heteroatoms. The minimum atomic E-state index is -0.993. The minimum absolute atomic E-state index is 0.0114. The number of benzene rings is 4. The molecule has 0 radical (unpaired) electrons. The fourth-order valence-electron chi connectivity index (χ4n) is 4.96. The van der Waals surface area contributed by atoms with Gasteiger partial charge in [-0.2, -0.15) is 0 Å². The van der Waals surface area contributed by atoms with Gasteiger partial charge in [-0.05, 0) is 84.6 Å². The molecule has 4 aromatic carbocycles. The monoisotopic (exact) mass is 577 g/mol. The van der Waals surface area contributed by atoms with Gasteiger partial charge in [0.25, 0.3) is 11.7 Å². The molecule has 1 heterocycles. The van der Waals surface area contributed by atoms with Crippen molar-refractivity contribution in [1.82, 2.24) is 0 Å². The maximum absolute atomic E-state index is 13.5. The molecule has 218 valence electrons. The minimum Gasteiger partial charge on any atom is -0.508 e. The molecule has 43 heavy (non-hydrogen) atoms. The van der Waals surface area contributed by atoms with E-state index in [-0.39, 0.29) is 23.7 Å². The standard InChI is InChI=1S/C35H31NO7/c1-3-19-42-35(41)25-9-14-27(15-10-25)36-31(24-11-16-28(37)17-12-24)30(33(39)34(36)40)32(38)26-13-18-29(22(2)20-26)43-21-23-7-5-4-6-8-23/h4-18,20,31,37-38H,3,19,21H2,1-2H3/b32-30-. The summed E-state index contributed by atoms with van der Waals surface area (Å²) >= 11 is 0. The van der Waals surface area contributed by atoms with E-state index in [9.17, 15) is 24.6 Å². The van der Waals surface area contributed by atoms with E-state index in [2.05, 4.69) is 0 Å². The smallest absolute Gasteiger partial charge is 0.338 e. The molecule has 1 aliphatic heterocycles. The van der Waals surface area contributed by atoms with Crippen LogP contribution in [0.1, 0.15) is 52.0 Å². The van der Waals surface area contributed by atoms with Crippen LogP contribution in [0.4, 0.5) is 5.69 Å². The SMILES string of the molecule is CCCOC(=O)c1ccc(N2C(=O)C(=O)/C(=C(\O)c3ccc(OCc4ccccc4)c(C)c3)C2c2ccc(O)cc2)cc1. The van der Waals surface area contributed by atoms with Gasteiger partial charge in [-0.15, -0.1) is 0 Å². The van der Waals surface area contributed by atoms with Crippen LogP contribution in [-0.4, -0.2) is 34.5 Å². The van der Waals surface area contributed by atoms with Crippen LogP contribution in [0.3, 0.4) is 0 Å². The molecular weight excluding hydrogens is 546 g/mol. The Hall–Kier alpha value is -5.37. The molecule has 1 saturated heterocycles. The maximum Gasteiger partial charge on any atom is 0.338 e. The van der Waals surface area contributed by atoms with Crippen LogP contribution >= 0.6 is 0 Å². The van der Waals surface area contributed by atoms with Gasteiger partial charge in [-0.25, -0.2) is 4.79 Å². The van der Waals surface area contributed by atoms with Gasteiger partial charge in [-0.1, -0.05) is 49.4 Å². The van der Waals surface area contributed by atoms with Gasteiger partial charge in [0.1, 0.15) is 23.9 Å².